The first-order chi connectivity index (χ1) is 14.0. The summed E-state index contributed by atoms with van der Waals surface area (Å²) in [5.41, 5.74) is 1.15. The van der Waals surface area contributed by atoms with Crippen LogP contribution >= 0.6 is 0 Å². The molecule has 2 rings (SSSR count). The quantitative estimate of drug-likeness (QED) is 0.547. The van der Waals surface area contributed by atoms with E-state index in [9.17, 15) is 13.8 Å². The Morgan fingerprint density at radius 3 is 1.79 bits per heavy atom. The summed E-state index contributed by atoms with van der Waals surface area (Å²) >= 11 is 0. The van der Waals surface area contributed by atoms with Crippen LogP contribution in [0.5, 0.6) is 11.5 Å². The van der Waals surface area contributed by atoms with Crippen molar-refractivity contribution < 1.29 is 23.3 Å². The van der Waals surface area contributed by atoms with Gasteiger partial charge in [-0.05, 0) is 55.0 Å². The van der Waals surface area contributed by atoms with Gasteiger partial charge in [0, 0.05) is 22.2 Å². The predicted molar refractivity (Wildman–Crippen MR) is 115 cm³/mol. The summed E-state index contributed by atoms with van der Waals surface area (Å²) < 4.78 is 22.7. The topological polar surface area (TPSA) is 93.7 Å². The minimum atomic E-state index is -1.62. The highest BCUT2D eigenvalue weighted by atomic mass is 32.2. The molecule has 2 N–H and O–H groups in total. The van der Waals surface area contributed by atoms with Crippen molar-refractivity contribution in [3.63, 3.8) is 0 Å². The molecule has 29 heavy (non-hydrogen) atoms. The van der Waals surface area contributed by atoms with Crippen LogP contribution in [0.4, 0.5) is 11.4 Å². The van der Waals surface area contributed by atoms with Gasteiger partial charge in [0.2, 0.25) is 11.8 Å². The summed E-state index contributed by atoms with van der Waals surface area (Å²) in [4.78, 5) is 24.0. The molecule has 1 unspecified atom stereocenters. The maximum Gasteiger partial charge on any atom is 0.237 e. The molecule has 0 radical (unpaired) electrons. The Morgan fingerprint density at radius 1 is 0.862 bits per heavy atom. The van der Waals surface area contributed by atoms with Crippen LogP contribution in [0.2, 0.25) is 0 Å². The summed E-state index contributed by atoms with van der Waals surface area (Å²) in [5.74, 6) is 0.0446. The monoisotopic (exact) mass is 418 g/mol. The first kappa shape index (κ1) is 22.4. The molecule has 7 nitrogen and oxygen atoms in total. The number of amides is 2. The van der Waals surface area contributed by atoms with Gasteiger partial charge in [0.05, 0.1) is 13.7 Å². The van der Waals surface area contributed by atoms with Crippen molar-refractivity contribution in [1.82, 2.24) is 0 Å². The third-order valence-corrected chi connectivity index (χ3v) is 5.03. The number of hydrogen-bond acceptors (Lipinski definition) is 5. The number of unbranched alkanes of at least 4 members (excludes halogenated alkanes) is 1. The molecule has 156 valence electrons. The molecule has 2 aromatic carbocycles. The third kappa shape index (κ3) is 8.35. The highest BCUT2D eigenvalue weighted by Gasteiger charge is 2.13. The van der Waals surface area contributed by atoms with Gasteiger partial charge in [0.15, 0.2) is 0 Å². The van der Waals surface area contributed by atoms with Crippen molar-refractivity contribution in [2.24, 2.45) is 0 Å². The second-order valence-electron chi connectivity index (χ2n) is 6.28. The number of nitrogens with one attached hydrogen (secondary N) is 2. The zero-order valence-corrected chi connectivity index (χ0v) is 17.4. The van der Waals surface area contributed by atoms with Gasteiger partial charge in [0.1, 0.15) is 23.0 Å². The minimum Gasteiger partial charge on any atom is -0.497 e. The Kier molecular flexibility index (Phi) is 9.17. The number of hydrogen-bond donors (Lipinski definition) is 2. The molecule has 0 saturated heterocycles. The maximum absolute atomic E-state index is 12.1. The maximum atomic E-state index is 12.1. The van der Waals surface area contributed by atoms with E-state index in [1.165, 1.54) is 0 Å². The second kappa shape index (κ2) is 11.9. The van der Waals surface area contributed by atoms with E-state index in [0.29, 0.717) is 23.7 Å². The zero-order chi connectivity index (χ0) is 21.1. The molecular weight excluding hydrogens is 392 g/mol. The fourth-order valence-electron chi connectivity index (χ4n) is 2.38. The lowest BCUT2D eigenvalue weighted by atomic mass is 10.3. The van der Waals surface area contributed by atoms with Gasteiger partial charge < -0.3 is 20.1 Å². The molecule has 2 amide bonds. The number of carbonyl (C=O) groups is 2. The SMILES string of the molecule is CCCCOc1ccc(NC(=O)CS(=O)CC(=O)Nc2ccc(OC)cc2)cc1. The molecule has 0 bridgehead atoms. The average Bonchev–Trinajstić information content (AvgIpc) is 2.69. The summed E-state index contributed by atoms with van der Waals surface area (Å²) in [6.45, 7) is 2.74. The first-order valence-electron chi connectivity index (χ1n) is 9.31. The molecule has 0 aromatic heterocycles. The summed E-state index contributed by atoms with van der Waals surface area (Å²) in [6, 6.07) is 13.8. The van der Waals surface area contributed by atoms with Gasteiger partial charge in [0.25, 0.3) is 0 Å². The van der Waals surface area contributed by atoms with E-state index < -0.39 is 22.6 Å². The molecule has 0 aliphatic rings. The van der Waals surface area contributed by atoms with Crippen molar-refractivity contribution in [2.45, 2.75) is 19.8 Å². The Bertz CT molecular complexity index is 822. The van der Waals surface area contributed by atoms with Crippen molar-refractivity contribution in [1.29, 1.82) is 0 Å². The van der Waals surface area contributed by atoms with E-state index in [-0.39, 0.29) is 11.5 Å². The molecule has 0 fully saturated rings. The zero-order valence-electron chi connectivity index (χ0n) is 16.6. The van der Waals surface area contributed by atoms with Crippen LogP contribution in [0.15, 0.2) is 48.5 Å². The van der Waals surface area contributed by atoms with Crippen LogP contribution in [0.3, 0.4) is 0 Å². The van der Waals surface area contributed by atoms with E-state index in [1.54, 1.807) is 55.6 Å². The lowest BCUT2D eigenvalue weighted by molar-refractivity contribution is -0.114. The molecule has 0 aliphatic carbocycles. The Hall–Kier alpha value is -2.87. The van der Waals surface area contributed by atoms with E-state index in [1.807, 2.05) is 0 Å². The fourth-order valence-corrected chi connectivity index (χ4v) is 3.21. The molecule has 1 atom stereocenters. The largest absolute Gasteiger partial charge is 0.497 e. The molecule has 2 aromatic rings. The number of carbonyl (C=O) groups excluding carboxylic acids is 2. The molecule has 0 aliphatic heterocycles. The standard InChI is InChI=1S/C21H26N2O5S/c1-3-4-13-28-19-11-7-17(8-12-19)23-21(25)15-29(26)14-20(24)22-16-5-9-18(27-2)10-6-16/h5-12H,3-4,13-15H2,1-2H3,(H,22,24)(H,23,25). The normalized spacial score (nSPS) is 11.4. The average molecular weight is 419 g/mol. The summed E-state index contributed by atoms with van der Waals surface area (Å²) in [7, 11) is -0.0637. The third-order valence-electron chi connectivity index (χ3n) is 3.86. The molecule has 8 heteroatoms. The van der Waals surface area contributed by atoms with Crippen molar-refractivity contribution in [3.05, 3.63) is 48.5 Å². The molecule has 0 spiro atoms. The number of methoxy groups -OCH3 is 1. The lowest BCUT2D eigenvalue weighted by Crippen LogP contribution is -2.26. The van der Waals surface area contributed by atoms with Crippen LogP contribution in [0.1, 0.15) is 19.8 Å². The van der Waals surface area contributed by atoms with Crippen LogP contribution in [-0.2, 0) is 20.4 Å². The Labute approximate surface area is 173 Å². The van der Waals surface area contributed by atoms with Crippen molar-refractivity contribution in [2.75, 3.05) is 35.9 Å². The van der Waals surface area contributed by atoms with Crippen LogP contribution in [0, 0.1) is 0 Å². The van der Waals surface area contributed by atoms with Crippen molar-refractivity contribution in [3.8, 4) is 11.5 Å². The summed E-state index contributed by atoms with van der Waals surface area (Å²) in [6.07, 6.45) is 2.04. The van der Waals surface area contributed by atoms with E-state index in [0.717, 1.165) is 18.6 Å². The molecule has 0 heterocycles. The second-order valence-corrected chi connectivity index (χ2v) is 7.74. The van der Waals surface area contributed by atoms with Gasteiger partial charge in [-0.25, -0.2) is 0 Å². The van der Waals surface area contributed by atoms with E-state index in [4.69, 9.17) is 9.47 Å². The number of anilines is 2. The Balaban J connectivity index is 1.74. The van der Waals surface area contributed by atoms with Gasteiger partial charge in [-0.1, -0.05) is 13.3 Å². The van der Waals surface area contributed by atoms with E-state index >= 15 is 0 Å². The summed E-state index contributed by atoms with van der Waals surface area (Å²) in [5, 5.41) is 5.31. The smallest absolute Gasteiger partial charge is 0.237 e. The minimum absolute atomic E-state index is 0.259. The van der Waals surface area contributed by atoms with Crippen molar-refractivity contribution >= 4 is 34.0 Å². The predicted octanol–water partition coefficient (Wildman–Crippen LogP) is 3.20. The van der Waals surface area contributed by atoms with E-state index in [2.05, 4.69) is 17.6 Å². The van der Waals surface area contributed by atoms with Gasteiger partial charge in [-0.15, -0.1) is 0 Å². The molecular formula is C21H26N2O5S. The van der Waals surface area contributed by atoms with Crippen LogP contribution < -0.4 is 20.1 Å². The molecule has 0 saturated carbocycles. The van der Waals surface area contributed by atoms with Gasteiger partial charge >= 0.3 is 0 Å². The number of benzene rings is 2. The Morgan fingerprint density at radius 2 is 1.34 bits per heavy atom. The number of ether oxygens (including phenoxy) is 2. The highest BCUT2D eigenvalue weighted by molar-refractivity contribution is 7.86. The number of rotatable bonds is 11. The fraction of sp³-hybridized carbons (Fsp3) is 0.333. The van der Waals surface area contributed by atoms with Gasteiger partial charge in [-0.3, -0.25) is 13.8 Å². The lowest BCUT2D eigenvalue weighted by Gasteiger charge is -2.08. The first-order valence-corrected chi connectivity index (χ1v) is 10.8. The van der Waals surface area contributed by atoms with Crippen LogP contribution in [-0.4, -0.2) is 41.2 Å². The highest BCUT2D eigenvalue weighted by Crippen LogP contribution is 2.16. The van der Waals surface area contributed by atoms with Crippen LogP contribution in [0.25, 0.3) is 0 Å². The van der Waals surface area contributed by atoms with Gasteiger partial charge in [-0.2, -0.15) is 0 Å².